The highest BCUT2D eigenvalue weighted by molar-refractivity contribution is 6.17. The molecular weight excluding hydrogens is 352 g/mol. The molecule has 0 saturated heterocycles. The molecule has 0 unspecified atom stereocenters. The molecule has 0 aromatic heterocycles. The predicted octanol–water partition coefficient (Wildman–Crippen LogP) is 6.38. The zero-order valence-electron chi connectivity index (χ0n) is 15.5. The van der Waals surface area contributed by atoms with E-state index in [2.05, 4.69) is 96.0 Å². The van der Waals surface area contributed by atoms with E-state index in [0.29, 0.717) is 5.88 Å². The molecule has 1 aliphatic heterocycles. The summed E-state index contributed by atoms with van der Waals surface area (Å²) >= 11 is 6.07. The number of anilines is 2. The summed E-state index contributed by atoms with van der Waals surface area (Å²) in [6.07, 6.45) is 0.924. The average Bonchev–Trinajstić information content (AvgIpc) is 2.72. The van der Waals surface area contributed by atoms with Crippen LogP contribution in [0.1, 0.15) is 23.1 Å². The van der Waals surface area contributed by atoms with Gasteiger partial charge in [0.2, 0.25) is 0 Å². The third-order valence-corrected chi connectivity index (χ3v) is 5.10. The summed E-state index contributed by atoms with van der Waals surface area (Å²) in [6, 6.07) is 27.7. The molecule has 0 radical (unpaired) electrons. The largest absolute Gasteiger partial charge is 0.352 e. The lowest BCUT2D eigenvalue weighted by Crippen LogP contribution is -2.29. The fourth-order valence-electron chi connectivity index (χ4n) is 3.58. The zero-order chi connectivity index (χ0) is 18.6. The first-order chi connectivity index (χ1) is 13.3. The maximum atomic E-state index is 6.07. The van der Waals surface area contributed by atoms with Crippen LogP contribution in [0.2, 0.25) is 0 Å². The molecule has 2 nitrogen and oxygen atoms in total. The van der Waals surface area contributed by atoms with Crippen LogP contribution in [-0.4, -0.2) is 12.4 Å². The van der Waals surface area contributed by atoms with E-state index in [4.69, 9.17) is 11.6 Å². The molecule has 0 spiro atoms. The van der Waals surface area contributed by atoms with Gasteiger partial charge < -0.3 is 10.2 Å². The summed E-state index contributed by atoms with van der Waals surface area (Å²) < 4.78 is 0. The third kappa shape index (κ3) is 3.58. The van der Waals surface area contributed by atoms with Gasteiger partial charge in [-0.05, 0) is 31.0 Å². The number of nitrogens with one attached hydrogen (secondary N) is 1. The molecule has 0 saturated carbocycles. The molecule has 0 atom stereocenters. The second-order valence-electron chi connectivity index (χ2n) is 6.80. The number of hydrogen-bond donors (Lipinski definition) is 1. The lowest BCUT2D eigenvalue weighted by atomic mass is 9.99. The second kappa shape index (κ2) is 7.89. The zero-order valence-corrected chi connectivity index (χ0v) is 16.2. The van der Waals surface area contributed by atoms with Gasteiger partial charge in [-0.3, -0.25) is 0 Å². The van der Waals surface area contributed by atoms with Crippen LogP contribution in [0.25, 0.3) is 11.4 Å². The number of halogens is 1. The van der Waals surface area contributed by atoms with Crippen molar-refractivity contribution in [1.29, 1.82) is 0 Å². The van der Waals surface area contributed by atoms with Crippen molar-refractivity contribution >= 4 is 34.4 Å². The fraction of sp³-hybridized carbons (Fsp3) is 0.167. The number of nitrogens with zero attached hydrogens (tertiary/aromatic N) is 1. The highest BCUT2D eigenvalue weighted by atomic mass is 35.5. The first-order valence-electron chi connectivity index (χ1n) is 9.34. The molecule has 0 amide bonds. The van der Waals surface area contributed by atoms with Crippen molar-refractivity contribution in [2.24, 2.45) is 0 Å². The third-order valence-electron chi connectivity index (χ3n) is 4.84. The maximum absolute atomic E-state index is 6.07. The molecule has 0 fully saturated rings. The molecule has 27 heavy (non-hydrogen) atoms. The lowest BCUT2D eigenvalue weighted by molar-refractivity contribution is 0.893. The van der Waals surface area contributed by atoms with E-state index in [1.54, 1.807) is 0 Å². The Morgan fingerprint density at radius 2 is 1.52 bits per heavy atom. The van der Waals surface area contributed by atoms with E-state index in [1.807, 2.05) is 0 Å². The molecule has 3 aromatic rings. The number of aryl methyl sites for hydroxylation is 1. The van der Waals surface area contributed by atoms with Gasteiger partial charge in [-0.1, -0.05) is 66.7 Å². The van der Waals surface area contributed by atoms with Crippen molar-refractivity contribution in [3.63, 3.8) is 0 Å². The van der Waals surface area contributed by atoms with Crippen molar-refractivity contribution in [3.8, 4) is 0 Å². The first-order valence-corrected chi connectivity index (χ1v) is 9.87. The minimum atomic E-state index is 0.647. The Morgan fingerprint density at radius 3 is 2.19 bits per heavy atom. The minimum Gasteiger partial charge on any atom is -0.352 e. The molecule has 0 bridgehead atoms. The van der Waals surface area contributed by atoms with E-state index in [9.17, 15) is 0 Å². The molecule has 1 N–H and O–H groups in total. The summed E-state index contributed by atoms with van der Waals surface area (Å²) in [4.78, 5) is 2.42. The Bertz CT molecular complexity index is 949. The van der Waals surface area contributed by atoms with Gasteiger partial charge in [0, 0.05) is 23.6 Å². The van der Waals surface area contributed by atoms with Gasteiger partial charge in [0.25, 0.3) is 0 Å². The number of hydrogen-bond acceptors (Lipinski definition) is 2. The van der Waals surface area contributed by atoms with Crippen molar-refractivity contribution in [2.75, 3.05) is 22.6 Å². The summed E-state index contributed by atoms with van der Waals surface area (Å²) in [7, 11) is 0. The van der Waals surface area contributed by atoms with Gasteiger partial charge in [-0.2, -0.15) is 0 Å². The van der Waals surface area contributed by atoms with Crippen LogP contribution in [0.3, 0.4) is 0 Å². The Kier molecular flexibility index (Phi) is 5.17. The van der Waals surface area contributed by atoms with Crippen LogP contribution in [-0.2, 0) is 0 Å². The molecule has 3 heteroatoms. The van der Waals surface area contributed by atoms with Crippen LogP contribution in [0.5, 0.6) is 0 Å². The van der Waals surface area contributed by atoms with E-state index >= 15 is 0 Å². The quantitative estimate of drug-likeness (QED) is 0.521. The highest BCUT2D eigenvalue weighted by Gasteiger charge is 2.26. The normalized spacial score (nSPS) is 13.3. The Balaban J connectivity index is 1.95. The van der Waals surface area contributed by atoms with Crippen LogP contribution in [0, 0.1) is 6.92 Å². The first kappa shape index (κ1) is 17.7. The second-order valence-corrected chi connectivity index (χ2v) is 7.17. The van der Waals surface area contributed by atoms with Crippen LogP contribution in [0.4, 0.5) is 11.4 Å². The van der Waals surface area contributed by atoms with Gasteiger partial charge in [0.1, 0.15) is 0 Å². The number of rotatable bonds is 5. The average molecular weight is 375 g/mol. The summed E-state index contributed by atoms with van der Waals surface area (Å²) in [5.74, 6) is 0.647. The molecule has 1 heterocycles. The summed E-state index contributed by atoms with van der Waals surface area (Å²) in [6.45, 7) is 3.01. The molecule has 3 aromatic carbocycles. The van der Waals surface area contributed by atoms with Crippen molar-refractivity contribution in [2.45, 2.75) is 13.3 Å². The summed E-state index contributed by atoms with van der Waals surface area (Å²) in [5.41, 5.74) is 8.30. The van der Waals surface area contributed by atoms with Crippen molar-refractivity contribution < 1.29 is 0 Å². The Labute approximate surface area is 166 Å². The molecule has 136 valence electrons. The molecule has 0 aliphatic carbocycles. The number of fused-ring (bicyclic) bond motifs is 1. The van der Waals surface area contributed by atoms with E-state index in [0.717, 1.165) is 24.4 Å². The summed E-state index contributed by atoms with van der Waals surface area (Å²) in [5, 5.41) is 3.70. The number of benzene rings is 3. The van der Waals surface area contributed by atoms with E-state index in [-0.39, 0.29) is 0 Å². The standard InChI is InChI=1S/C24H23ClN2/c1-18-13-14-21-22(17-18)27(16-8-15-25)24(20-11-6-3-7-12-20)23(26-21)19-9-4-2-5-10-19/h2-7,9-14,17,26H,8,15-16H2,1H3. The van der Waals surface area contributed by atoms with Gasteiger partial charge >= 0.3 is 0 Å². The van der Waals surface area contributed by atoms with Crippen molar-refractivity contribution in [3.05, 3.63) is 95.6 Å². The van der Waals surface area contributed by atoms with E-state index < -0.39 is 0 Å². The minimum absolute atomic E-state index is 0.647. The fourth-order valence-corrected chi connectivity index (χ4v) is 3.70. The van der Waals surface area contributed by atoms with Crippen LogP contribution in [0.15, 0.2) is 78.9 Å². The maximum Gasteiger partial charge on any atom is 0.0730 e. The van der Waals surface area contributed by atoms with Gasteiger partial charge in [0.05, 0.1) is 22.8 Å². The lowest BCUT2D eigenvalue weighted by Gasteiger charge is -2.37. The van der Waals surface area contributed by atoms with Crippen LogP contribution < -0.4 is 10.2 Å². The smallest absolute Gasteiger partial charge is 0.0730 e. The molecular formula is C24H23ClN2. The van der Waals surface area contributed by atoms with Gasteiger partial charge in [0.15, 0.2) is 0 Å². The van der Waals surface area contributed by atoms with Gasteiger partial charge in [-0.15, -0.1) is 11.6 Å². The topological polar surface area (TPSA) is 15.3 Å². The monoisotopic (exact) mass is 374 g/mol. The molecule has 1 aliphatic rings. The Hall–Kier alpha value is -2.71. The highest BCUT2D eigenvalue weighted by Crippen LogP contribution is 2.42. The predicted molar refractivity (Wildman–Crippen MR) is 117 cm³/mol. The van der Waals surface area contributed by atoms with Crippen LogP contribution >= 0.6 is 11.6 Å². The van der Waals surface area contributed by atoms with E-state index in [1.165, 1.54) is 28.1 Å². The van der Waals surface area contributed by atoms with Gasteiger partial charge in [-0.25, -0.2) is 0 Å². The Morgan fingerprint density at radius 1 is 0.852 bits per heavy atom. The molecule has 4 rings (SSSR count). The SMILES string of the molecule is Cc1ccc2c(c1)N(CCCCl)C(c1ccccc1)=C(c1ccccc1)N2. The van der Waals surface area contributed by atoms with Crippen molar-refractivity contribution in [1.82, 2.24) is 0 Å². The number of alkyl halides is 1.